The van der Waals surface area contributed by atoms with Crippen molar-refractivity contribution in [2.75, 3.05) is 7.05 Å². The van der Waals surface area contributed by atoms with Crippen LogP contribution in [0.2, 0.25) is 0 Å². The standard InChI is InChI=1S/C12H13N5O2/c1-13-12(17(18)19)7-5-10(6-8-12)15-16-11-4-2-3-9-14-11/h2-7,9,13H,8H2,1H3. The molecule has 1 aliphatic rings. The van der Waals surface area contributed by atoms with Gasteiger partial charge in [-0.15, -0.1) is 10.2 Å². The minimum Gasteiger partial charge on any atom is -0.262 e. The molecule has 0 aliphatic heterocycles. The van der Waals surface area contributed by atoms with Crippen LogP contribution in [0.25, 0.3) is 0 Å². The topological polar surface area (TPSA) is 92.8 Å². The molecule has 1 heterocycles. The summed E-state index contributed by atoms with van der Waals surface area (Å²) >= 11 is 0. The van der Waals surface area contributed by atoms with Crippen LogP contribution >= 0.6 is 0 Å². The van der Waals surface area contributed by atoms with Gasteiger partial charge in [-0.2, -0.15) is 0 Å². The number of hydrogen-bond donors (Lipinski definition) is 1. The van der Waals surface area contributed by atoms with Gasteiger partial charge in [-0.25, -0.2) is 4.98 Å². The highest BCUT2D eigenvalue weighted by Crippen LogP contribution is 2.22. The van der Waals surface area contributed by atoms with Crippen LogP contribution in [-0.4, -0.2) is 22.6 Å². The van der Waals surface area contributed by atoms with Gasteiger partial charge in [0, 0.05) is 17.2 Å². The second-order valence-electron chi connectivity index (χ2n) is 3.99. The molecular weight excluding hydrogens is 246 g/mol. The monoisotopic (exact) mass is 259 g/mol. The van der Waals surface area contributed by atoms with Gasteiger partial charge in [0.1, 0.15) is 0 Å². The normalized spacial score (nSPS) is 22.5. The summed E-state index contributed by atoms with van der Waals surface area (Å²) in [6.45, 7) is 0. The van der Waals surface area contributed by atoms with Crippen LogP contribution in [0.4, 0.5) is 5.82 Å². The number of likely N-dealkylation sites (N-methyl/N-ethyl adjacent to an activating group) is 1. The maximum absolute atomic E-state index is 11.0. The highest BCUT2D eigenvalue weighted by Gasteiger charge is 2.38. The number of allylic oxidation sites excluding steroid dienone is 1. The fourth-order valence-electron chi connectivity index (χ4n) is 1.63. The van der Waals surface area contributed by atoms with E-state index in [9.17, 15) is 10.1 Å². The van der Waals surface area contributed by atoms with E-state index in [0.717, 1.165) is 0 Å². The molecule has 1 aliphatic carbocycles. The molecule has 7 heteroatoms. The Morgan fingerprint density at radius 1 is 1.47 bits per heavy atom. The Morgan fingerprint density at radius 2 is 2.32 bits per heavy atom. The van der Waals surface area contributed by atoms with Crippen molar-refractivity contribution in [3.63, 3.8) is 0 Å². The second kappa shape index (κ2) is 5.49. The number of nitrogens with zero attached hydrogens (tertiary/aromatic N) is 4. The Balaban J connectivity index is 2.09. The highest BCUT2D eigenvalue weighted by molar-refractivity contribution is 5.28. The predicted octanol–water partition coefficient (Wildman–Crippen LogP) is 2.20. The van der Waals surface area contributed by atoms with Crippen molar-refractivity contribution in [1.82, 2.24) is 10.3 Å². The minimum atomic E-state index is -1.25. The summed E-state index contributed by atoms with van der Waals surface area (Å²) in [5.41, 5.74) is -0.664. The summed E-state index contributed by atoms with van der Waals surface area (Å²) in [6, 6.07) is 5.33. The number of aromatic nitrogens is 1. The molecule has 1 N–H and O–H groups in total. The van der Waals surface area contributed by atoms with Gasteiger partial charge in [-0.1, -0.05) is 6.07 Å². The summed E-state index contributed by atoms with van der Waals surface area (Å²) in [7, 11) is 1.56. The lowest BCUT2D eigenvalue weighted by atomic mass is 10.0. The first-order valence-corrected chi connectivity index (χ1v) is 5.72. The summed E-state index contributed by atoms with van der Waals surface area (Å²) in [5.74, 6) is 0.497. The largest absolute Gasteiger partial charge is 0.297 e. The summed E-state index contributed by atoms with van der Waals surface area (Å²) in [6.07, 6.45) is 6.59. The van der Waals surface area contributed by atoms with E-state index in [4.69, 9.17) is 0 Å². The van der Waals surface area contributed by atoms with E-state index in [1.807, 2.05) is 6.07 Å². The van der Waals surface area contributed by atoms with Gasteiger partial charge in [0.15, 0.2) is 5.82 Å². The number of nitrogens with one attached hydrogen (secondary N) is 1. The number of azo groups is 1. The molecule has 0 bridgehead atoms. The van der Waals surface area contributed by atoms with E-state index < -0.39 is 5.66 Å². The smallest absolute Gasteiger partial charge is 0.262 e. The Bertz CT molecular complexity index is 552. The van der Waals surface area contributed by atoms with Gasteiger partial charge >= 0.3 is 0 Å². The zero-order valence-corrected chi connectivity index (χ0v) is 10.4. The van der Waals surface area contributed by atoms with Crippen LogP contribution in [-0.2, 0) is 0 Å². The molecule has 7 nitrogen and oxygen atoms in total. The fraction of sp³-hybridized carbons (Fsp3) is 0.250. The number of hydrogen-bond acceptors (Lipinski definition) is 6. The molecule has 0 fully saturated rings. The van der Waals surface area contributed by atoms with E-state index in [2.05, 4.69) is 20.5 Å². The number of rotatable bonds is 4. The molecule has 0 saturated heterocycles. The van der Waals surface area contributed by atoms with Crippen molar-refractivity contribution in [1.29, 1.82) is 0 Å². The average molecular weight is 259 g/mol. The van der Waals surface area contributed by atoms with Gasteiger partial charge < -0.3 is 0 Å². The SMILES string of the molecule is CNC1([N+](=O)[O-])C=CC(N=Nc2ccccn2)=CC1. The van der Waals surface area contributed by atoms with Crippen LogP contribution < -0.4 is 5.32 Å². The summed E-state index contributed by atoms with van der Waals surface area (Å²) < 4.78 is 0. The Hall–Kier alpha value is -2.41. The van der Waals surface area contributed by atoms with E-state index in [0.29, 0.717) is 11.5 Å². The van der Waals surface area contributed by atoms with Gasteiger partial charge in [-0.05, 0) is 31.3 Å². The minimum absolute atomic E-state index is 0.226. The van der Waals surface area contributed by atoms with Crippen molar-refractivity contribution in [2.45, 2.75) is 12.1 Å². The summed E-state index contributed by atoms with van der Waals surface area (Å²) in [4.78, 5) is 14.6. The number of pyridine rings is 1. The van der Waals surface area contributed by atoms with Crippen LogP contribution in [0, 0.1) is 10.1 Å². The third-order valence-electron chi connectivity index (χ3n) is 2.83. The predicted molar refractivity (Wildman–Crippen MR) is 69.4 cm³/mol. The Kier molecular flexibility index (Phi) is 3.76. The fourth-order valence-corrected chi connectivity index (χ4v) is 1.63. The van der Waals surface area contributed by atoms with E-state index in [1.54, 1.807) is 37.5 Å². The van der Waals surface area contributed by atoms with Crippen molar-refractivity contribution in [2.24, 2.45) is 10.2 Å². The van der Waals surface area contributed by atoms with Crippen LogP contribution in [0.3, 0.4) is 0 Å². The van der Waals surface area contributed by atoms with Crippen molar-refractivity contribution in [3.8, 4) is 0 Å². The van der Waals surface area contributed by atoms with Gasteiger partial charge in [0.2, 0.25) is 0 Å². The lowest BCUT2D eigenvalue weighted by molar-refractivity contribution is -0.561. The third-order valence-corrected chi connectivity index (χ3v) is 2.83. The maximum Gasteiger partial charge on any atom is 0.297 e. The van der Waals surface area contributed by atoms with Gasteiger partial charge in [-0.3, -0.25) is 15.4 Å². The molecule has 0 spiro atoms. The van der Waals surface area contributed by atoms with Crippen LogP contribution in [0.15, 0.2) is 58.5 Å². The highest BCUT2D eigenvalue weighted by atomic mass is 16.6. The van der Waals surface area contributed by atoms with Crippen molar-refractivity contribution in [3.05, 3.63) is 58.4 Å². The lowest BCUT2D eigenvalue weighted by Crippen LogP contribution is -2.48. The quantitative estimate of drug-likeness (QED) is 0.388. The molecule has 0 aromatic carbocycles. The molecule has 0 amide bonds. The molecule has 0 radical (unpaired) electrons. The first-order valence-electron chi connectivity index (χ1n) is 5.72. The number of nitro groups is 1. The van der Waals surface area contributed by atoms with E-state index >= 15 is 0 Å². The third kappa shape index (κ3) is 2.89. The van der Waals surface area contributed by atoms with Gasteiger partial charge in [0.05, 0.1) is 12.1 Å². The molecular formula is C12H13N5O2. The van der Waals surface area contributed by atoms with Gasteiger partial charge in [0.25, 0.3) is 5.66 Å². The van der Waals surface area contributed by atoms with Crippen molar-refractivity contribution >= 4 is 5.82 Å². The molecule has 1 atom stereocenters. The second-order valence-corrected chi connectivity index (χ2v) is 3.99. The Morgan fingerprint density at radius 3 is 2.84 bits per heavy atom. The average Bonchev–Trinajstić information content (AvgIpc) is 2.46. The zero-order chi connectivity index (χ0) is 13.7. The van der Waals surface area contributed by atoms with Crippen LogP contribution in [0.1, 0.15) is 6.42 Å². The van der Waals surface area contributed by atoms with E-state index in [-0.39, 0.29) is 11.3 Å². The molecule has 1 aromatic rings. The van der Waals surface area contributed by atoms with E-state index in [1.165, 1.54) is 6.08 Å². The Labute approximate surface area is 109 Å². The summed E-state index contributed by atoms with van der Waals surface area (Å²) in [5, 5.41) is 21.6. The molecule has 1 unspecified atom stereocenters. The van der Waals surface area contributed by atoms with Crippen molar-refractivity contribution < 1.29 is 4.92 Å². The zero-order valence-electron chi connectivity index (χ0n) is 10.4. The first kappa shape index (κ1) is 13.0. The lowest BCUT2D eigenvalue weighted by Gasteiger charge is -2.21. The molecule has 1 aromatic heterocycles. The molecule has 98 valence electrons. The molecule has 19 heavy (non-hydrogen) atoms. The molecule has 2 rings (SSSR count). The maximum atomic E-state index is 11.0. The van der Waals surface area contributed by atoms with Crippen LogP contribution in [0.5, 0.6) is 0 Å². The first-order chi connectivity index (χ1) is 9.16. The molecule has 0 saturated carbocycles.